The number of thiophene rings is 1. The van der Waals surface area contributed by atoms with Gasteiger partial charge in [-0.2, -0.15) is 0 Å². The molecule has 1 amide bonds. The second-order valence-electron chi connectivity index (χ2n) is 5.39. The first-order valence-electron chi connectivity index (χ1n) is 7.03. The van der Waals surface area contributed by atoms with Gasteiger partial charge in [-0.15, -0.1) is 11.3 Å². The highest BCUT2D eigenvalue weighted by molar-refractivity contribution is 7.15. The lowest BCUT2D eigenvalue weighted by molar-refractivity contribution is 0.0735. The average molecular weight is 299 g/mol. The van der Waals surface area contributed by atoms with Gasteiger partial charge in [0.1, 0.15) is 0 Å². The van der Waals surface area contributed by atoms with Crippen LogP contribution >= 0.6 is 11.3 Å². The fraction of sp³-hybridized carbons (Fsp3) is 0.294. The third-order valence-corrected chi connectivity index (χ3v) is 5.23. The number of fused-ring (bicyclic) bond motifs is 1. The van der Waals surface area contributed by atoms with Crippen molar-refractivity contribution in [3.8, 4) is 0 Å². The molecule has 0 unspecified atom stereocenters. The molecule has 1 aliphatic carbocycles. The minimum atomic E-state index is -0.00537. The fourth-order valence-corrected chi connectivity index (χ4v) is 3.78. The van der Waals surface area contributed by atoms with Gasteiger partial charge < -0.3 is 4.90 Å². The van der Waals surface area contributed by atoms with E-state index in [1.165, 1.54) is 29.4 Å². The van der Waals surface area contributed by atoms with Gasteiger partial charge in [0.15, 0.2) is 5.78 Å². The molecule has 21 heavy (non-hydrogen) atoms. The molecule has 0 bridgehead atoms. The Morgan fingerprint density at radius 1 is 1.14 bits per heavy atom. The second kappa shape index (κ2) is 5.45. The first-order valence-corrected chi connectivity index (χ1v) is 7.85. The van der Waals surface area contributed by atoms with Crippen molar-refractivity contribution in [2.45, 2.75) is 25.8 Å². The molecule has 0 aliphatic heterocycles. The summed E-state index contributed by atoms with van der Waals surface area (Å²) in [5.74, 6) is 0.00196. The van der Waals surface area contributed by atoms with Gasteiger partial charge in [0.05, 0.1) is 15.8 Å². The topological polar surface area (TPSA) is 37.4 Å². The van der Waals surface area contributed by atoms with Crippen LogP contribution in [-0.4, -0.2) is 23.6 Å². The van der Waals surface area contributed by atoms with Crippen LogP contribution < -0.4 is 0 Å². The number of Topliss-reactive ketones (excluding diaryl/α,β-unsaturated/α-hetero) is 1. The van der Waals surface area contributed by atoms with Crippen molar-refractivity contribution in [3.05, 3.63) is 57.3 Å². The molecule has 0 saturated carbocycles. The van der Waals surface area contributed by atoms with Crippen LogP contribution in [0.5, 0.6) is 0 Å². The van der Waals surface area contributed by atoms with E-state index in [0.29, 0.717) is 9.75 Å². The first kappa shape index (κ1) is 14.0. The van der Waals surface area contributed by atoms with Gasteiger partial charge in [-0.05, 0) is 43.0 Å². The minimum absolute atomic E-state index is 0.00537. The largest absolute Gasteiger partial charge is 0.334 e. The number of hydrogen-bond donors (Lipinski definition) is 0. The van der Waals surface area contributed by atoms with Crippen LogP contribution in [0.4, 0.5) is 0 Å². The molecule has 0 radical (unpaired) electrons. The number of carbonyl (C=O) groups is 2. The number of ketones is 1. The van der Waals surface area contributed by atoms with Crippen LogP contribution in [0.2, 0.25) is 0 Å². The van der Waals surface area contributed by atoms with Crippen LogP contribution in [0.15, 0.2) is 36.4 Å². The van der Waals surface area contributed by atoms with E-state index >= 15 is 0 Å². The molecule has 1 aromatic carbocycles. The highest BCUT2D eigenvalue weighted by atomic mass is 32.1. The van der Waals surface area contributed by atoms with Crippen molar-refractivity contribution in [2.75, 3.05) is 7.05 Å². The lowest BCUT2D eigenvalue weighted by Crippen LogP contribution is -2.29. The molecule has 1 atom stereocenters. The number of hydrogen-bond acceptors (Lipinski definition) is 3. The SMILES string of the molecule is CC(=O)c1ccc(C(=O)N(C)[C@H]2CCc3ccccc32)s1. The normalized spacial score (nSPS) is 16.6. The van der Waals surface area contributed by atoms with Crippen molar-refractivity contribution in [1.29, 1.82) is 0 Å². The van der Waals surface area contributed by atoms with E-state index in [-0.39, 0.29) is 17.7 Å². The van der Waals surface area contributed by atoms with Crippen molar-refractivity contribution in [1.82, 2.24) is 4.90 Å². The molecular formula is C17H17NO2S. The predicted octanol–water partition coefficient (Wildman–Crippen LogP) is 3.71. The molecule has 1 heterocycles. The Bertz CT molecular complexity index is 704. The van der Waals surface area contributed by atoms with Crippen LogP contribution in [-0.2, 0) is 6.42 Å². The van der Waals surface area contributed by atoms with E-state index in [0.717, 1.165) is 12.8 Å². The summed E-state index contributed by atoms with van der Waals surface area (Å²) in [6.07, 6.45) is 1.98. The molecule has 2 aromatic rings. The van der Waals surface area contributed by atoms with Gasteiger partial charge in [-0.3, -0.25) is 9.59 Å². The Labute approximate surface area is 128 Å². The van der Waals surface area contributed by atoms with Gasteiger partial charge in [-0.1, -0.05) is 24.3 Å². The maximum absolute atomic E-state index is 12.6. The molecule has 4 heteroatoms. The Kier molecular flexibility index (Phi) is 3.64. The van der Waals surface area contributed by atoms with E-state index in [1.807, 2.05) is 24.1 Å². The number of benzene rings is 1. The summed E-state index contributed by atoms with van der Waals surface area (Å²) in [7, 11) is 1.85. The third-order valence-electron chi connectivity index (χ3n) is 4.05. The number of nitrogens with zero attached hydrogens (tertiary/aromatic N) is 1. The zero-order valence-corrected chi connectivity index (χ0v) is 12.9. The maximum Gasteiger partial charge on any atom is 0.264 e. The summed E-state index contributed by atoms with van der Waals surface area (Å²) < 4.78 is 0. The third kappa shape index (κ3) is 2.51. The molecule has 0 saturated heterocycles. The molecule has 3 nitrogen and oxygen atoms in total. The Hall–Kier alpha value is -1.94. The summed E-state index contributed by atoms with van der Waals surface area (Å²) in [6.45, 7) is 1.52. The number of carbonyl (C=O) groups excluding carboxylic acids is 2. The van der Waals surface area contributed by atoms with Gasteiger partial charge in [0.2, 0.25) is 0 Å². The lowest BCUT2D eigenvalue weighted by atomic mass is 10.1. The molecular weight excluding hydrogens is 282 g/mol. The first-order chi connectivity index (χ1) is 10.1. The van der Waals surface area contributed by atoms with Crippen molar-refractivity contribution in [2.24, 2.45) is 0 Å². The Balaban J connectivity index is 1.83. The smallest absolute Gasteiger partial charge is 0.264 e. The van der Waals surface area contributed by atoms with E-state index in [2.05, 4.69) is 12.1 Å². The van der Waals surface area contributed by atoms with Gasteiger partial charge in [0.25, 0.3) is 5.91 Å². The molecule has 0 N–H and O–H groups in total. The van der Waals surface area contributed by atoms with Crippen LogP contribution in [0, 0.1) is 0 Å². The fourth-order valence-electron chi connectivity index (χ4n) is 2.89. The number of amides is 1. The quantitative estimate of drug-likeness (QED) is 0.810. The van der Waals surface area contributed by atoms with Gasteiger partial charge in [0, 0.05) is 7.05 Å². The molecule has 1 aromatic heterocycles. The Morgan fingerprint density at radius 3 is 2.57 bits per heavy atom. The van der Waals surface area contributed by atoms with Crippen molar-refractivity contribution < 1.29 is 9.59 Å². The molecule has 108 valence electrons. The second-order valence-corrected chi connectivity index (χ2v) is 6.47. The van der Waals surface area contributed by atoms with Crippen molar-refractivity contribution in [3.63, 3.8) is 0 Å². The molecule has 0 fully saturated rings. The molecule has 1 aliphatic rings. The average Bonchev–Trinajstić information content (AvgIpc) is 3.12. The van der Waals surface area contributed by atoms with E-state index in [9.17, 15) is 9.59 Å². The predicted molar refractivity (Wildman–Crippen MR) is 83.9 cm³/mol. The molecule has 0 spiro atoms. The minimum Gasteiger partial charge on any atom is -0.334 e. The number of rotatable bonds is 3. The van der Waals surface area contributed by atoms with Crippen LogP contribution in [0.3, 0.4) is 0 Å². The summed E-state index contributed by atoms with van der Waals surface area (Å²) in [4.78, 5) is 27.0. The van der Waals surface area contributed by atoms with Crippen LogP contribution in [0.1, 0.15) is 49.9 Å². The van der Waals surface area contributed by atoms with E-state index in [4.69, 9.17) is 0 Å². The lowest BCUT2D eigenvalue weighted by Gasteiger charge is -2.25. The summed E-state index contributed by atoms with van der Waals surface area (Å²) in [5, 5.41) is 0. The maximum atomic E-state index is 12.6. The standard InChI is InChI=1S/C17H17NO2S/c1-11(19)15-9-10-16(21-15)17(20)18(2)14-8-7-12-5-3-4-6-13(12)14/h3-6,9-10,14H,7-8H2,1-2H3/t14-/m0/s1. The van der Waals surface area contributed by atoms with Crippen LogP contribution in [0.25, 0.3) is 0 Å². The highest BCUT2D eigenvalue weighted by Crippen LogP contribution is 2.35. The summed E-state index contributed by atoms with van der Waals surface area (Å²) in [5.41, 5.74) is 2.58. The van der Waals surface area contributed by atoms with Gasteiger partial charge >= 0.3 is 0 Å². The van der Waals surface area contributed by atoms with E-state index < -0.39 is 0 Å². The van der Waals surface area contributed by atoms with Crippen molar-refractivity contribution >= 4 is 23.0 Å². The zero-order valence-electron chi connectivity index (χ0n) is 12.1. The number of aryl methyl sites for hydroxylation is 1. The van der Waals surface area contributed by atoms with Gasteiger partial charge in [-0.25, -0.2) is 0 Å². The monoisotopic (exact) mass is 299 g/mol. The highest BCUT2D eigenvalue weighted by Gasteiger charge is 2.29. The summed E-state index contributed by atoms with van der Waals surface area (Å²) >= 11 is 1.28. The molecule has 3 rings (SSSR count). The van der Waals surface area contributed by atoms with E-state index in [1.54, 1.807) is 12.1 Å². The summed E-state index contributed by atoms with van der Waals surface area (Å²) in [6, 6.07) is 11.9. The zero-order chi connectivity index (χ0) is 15.0. The Morgan fingerprint density at radius 2 is 1.86 bits per heavy atom.